The highest BCUT2D eigenvalue weighted by atomic mass is 19.1. The highest BCUT2D eigenvalue weighted by Crippen LogP contribution is 2.60. The third-order valence-corrected chi connectivity index (χ3v) is 8.48. The van der Waals surface area contributed by atoms with Gasteiger partial charge in [0.1, 0.15) is 17.0 Å². The number of carbonyl (C=O) groups is 1. The van der Waals surface area contributed by atoms with Gasteiger partial charge in [-0.2, -0.15) is 5.10 Å². The summed E-state index contributed by atoms with van der Waals surface area (Å²) in [7, 11) is 0. The van der Waals surface area contributed by atoms with Crippen molar-refractivity contribution in [2.45, 2.75) is 38.6 Å². The minimum Gasteiger partial charge on any atom is -0.466 e. The Bertz CT molecular complexity index is 1450. The Labute approximate surface area is 200 Å². The number of fused-ring (bicyclic) bond motifs is 4. The third kappa shape index (κ3) is 3.08. The van der Waals surface area contributed by atoms with E-state index in [0.717, 1.165) is 24.6 Å². The number of aromatic nitrogens is 6. The molecule has 0 saturated heterocycles. The SMILES string of the molecule is CCOC(=O)[C@H]1[C@H](Nc2nc(-c3[nH]nc4ncc(F)cc34)nn3cccc23)[C@@H]2CC[C@H]1C1CCC12. The van der Waals surface area contributed by atoms with Crippen LogP contribution in [0.2, 0.25) is 0 Å². The normalized spacial score (nSPS) is 29.2. The van der Waals surface area contributed by atoms with E-state index in [1.54, 1.807) is 4.52 Å². The molecule has 6 atom stereocenters. The van der Waals surface area contributed by atoms with Gasteiger partial charge in [-0.1, -0.05) is 0 Å². The molecular formula is C25H26FN7O2. The van der Waals surface area contributed by atoms with Crippen molar-refractivity contribution in [3.05, 3.63) is 36.4 Å². The second kappa shape index (κ2) is 7.73. The standard InChI is InChI=1S/C25H26FN7O2/c1-2-35-25(34)19-15-7-8-16(14-6-5-13(14)15)20(19)28-23-18-4-3-9-33(18)32-24(29-23)21-17-10-12(26)11-27-22(17)31-30-21/h3-4,9-11,13-16,19-20H,2,5-8H2,1H3,(H,27,30,31)(H,28,29,32)/t13?,14?,15-,16+,19+,20+/m0/s1. The zero-order valence-corrected chi connectivity index (χ0v) is 19.3. The second-order valence-electron chi connectivity index (χ2n) is 10.0. The summed E-state index contributed by atoms with van der Waals surface area (Å²) in [5, 5.41) is 15.9. The van der Waals surface area contributed by atoms with Crippen LogP contribution in [0.5, 0.6) is 0 Å². The van der Waals surface area contributed by atoms with Crippen LogP contribution in [0.25, 0.3) is 28.1 Å². The molecule has 35 heavy (non-hydrogen) atoms. The Morgan fingerprint density at radius 3 is 2.86 bits per heavy atom. The molecule has 4 aromatic heterocycles. The predicted octanol–water partition coefficient (Wildman–Crippen LogP) is 3.83. The molecule has 4 saturated carbocycles. The third-order valence-electron chi connectivity index (χ3n) is 8.48. The van der Waals surface area contributed by atoms with Gasteiger partial charge in [-0.05, 0) is 74.5 Å². The molecule has 4 fully saturated rings. The molecule has 0 spiro atoms. The summed E-state index contributed by atoms with van der Waals surface area (Å²) in [5.74, 6) is 2.34. The van der Waals surface area contributed by atoms with E-state index in [-0.39, 0.29) is 17.9 Å². The molecule has 0 aromatic carbocycles. The van der Waals surface area contributed by atoms with Gasteiger partial charge in [-0.15, -0.1) is 5.10 Å². The van der Waals surface area contributed by atoms with Crippen LogP contribution in [0.4, 0.5) is 10.2 Å². The van der Waals surface area contributed by atoms with Gasteiger partial charge in [-0.25, -0.2) is 18.9 Å². The molecule has 4 aliphatic rings. The summed E-state index contributed by atoms with van der Waals surface area (Å²) in [4.78, 5) is 22.1. The van der Waals surface area contributed by atoms with Crippen LogP contribution in [-0.4, -0.2) is 48.4 Å². The molecular weight excluding hydrogens is 449 g/mol. The summed E-state index contributed by atoms with van der Waals surface area (Å²) in [6.45, 7) is 2.24. The lowest BCUT2D eigenvalue weighted by Gasteiger charge is -2.61. The molecule has 0 radical (unpaired) electrons. The van der Waals surface area contributed by atoms with Crippen molar-refractivity contribution in [1.29, 1.82) is 0 Å². The number of nitrogens with one attached hydrogen (secondary N) is 2. The number of ether oxygens (including phenoxy) is 1. The zero-order chi connectivity index (χ0) is 23.7. The number of aromatic amines is 1. The van der Waals surface area contributed by atoms with Crippen molar-refractivity contribution in [2.75, 3.05) is 11.9 Å². The van der Waals surface area contributed by atoms with Gasteiger partial charge in [-0.3, -0.25) is 9.89 Å². The quantitative estimate of drug-likeness (QED) is 0.422. The first kappa shape index (κ1) is 20.8. The maximum absolute atomic E-state index is 13.9. The summed E-state index contributed by atoms with van der Waals surface area (Å²) in [6, 6.07) is 5.19. The zero-order valence-electron chi connectivity index (χ0n) is 19.3. The molecule has 4 aromatic rings. The van der Waals surface area contributed by atoms with E-state index in [0.29, 0.717) is 58.6 Å². The molecule has 180 valence electrons. The van der Waals surface area contributed by atoms with Crippen LogP contribution in [0.1, 0.15) is 32.6 Å². The van der Waals surface area contributed by atoms with Gasteiger partial charge in [0.05, 0.1) is 24.1 Å². The number of hydrogen-bond acceptors (Lipinski definition) is 7. The molecule has 0 amide bonds. The summed E-state index contributed by atoms with van der Waals surface area (Å²) in [6.07, 6.45) is 7.63. The highest BCUT2D eigenvalue weighted by Gasteiger charge is 2.59. The van der Waals surface area contributed by atoms with Crippen LogP contribution in [0.3, 0.4) is 0 Å². The van der Waals surface area contributed by atoms with Crippen LogP contribution < -0.4 is 5.32 Å². The molecule has 2 N–H and O–H groups in total. The minimum atomic E-state index is -0.453. The van der Waals surface area contributed by atoms with Crippen LogP contribution >= 0.6 is 0 Å². The Balaban J connectivity index is 1.32. The maximum atomic E-state index is 13.9. The number of anilines is 1. The van der Waals surface area contributed by atoms with Crippen molar-refractivity contribution in [1.82, 2.24) is 29.8 Å². The minimum absolute atomic E-state index is 0.0478. The Morgan fingerprint density at radius 1 is 1.23 bits per heavy atom. The molecule has 4 aliphatic carbocycles. The topological polar surface area (TPSA) is 110 Å². The number of carbonyl (C=O) groups excluding carboxylic acids is 1. The van der Waals surface area contributed by atoms with E-state index in [9.17, 15) is 9.18 Å². The molecule has 9 nitrogen and oxygen atoms in total. The fraction of sp³-hybridized carbons (Fsp3) is 0.480. The lowest BCUT2D eigenvalue weighted by atomic mass is 9.46. The highest BCUT2D eigenvalue weighted by molar-refractivity contribution is 5.89. The maximum Gasteiger partial charge on any atom is 0.311 e. The Hall–Kier alpha value is -3.56. The van der Waals surface area contributed by atoms with E-state index < -0.39 is 5.82 Å². The molecule has 2 unspecified atom stereocenters. The predicted molar refractivity (Wildman–Crippen MR) is 126 cm³/mol. The van der Waals surface area contributed by atoms with Gasteiger partial charge < -0.3 is 10.1 Å². The largest absolute Gasteiger partial charge is 0.466 e. The fourth-order valence-electron chi connectivity index (χ4n) is 6.96. The lowest BCUT2D eigenvalue weighted by Crippen LogP contribution is -2.62. The fourth-order valence-corrected chi connectivity index (χ4v) is 6.96. The first-order chi connectivity index (χ1) is 17.1. The van der Waals surface area contributed by atoms with Crippen molar-refractivity contribution in [3.8, 4) is 11.5 Å². The van der Waals surface area contributed by atoms with E-state index >= 15 is 0 Å². The molecule has 0 aliphatic heterocycles. The molecule has 8 rings (SSSR count). The van der Waals surface area contributed by atoms with E-state index in [2.05, 4.69) is 25.6 Å². The van der Waals surface area contributed by atoms with Gasteiger partial charge in [0.2, 0.25) is 5.82 Å². The summed E-state index contributed by atoms with van der Waals surface area (Å²) < 4.78 is 21.2. The number of pyridine rings is 1. The van der Waals surface area contributed by atoms with Gasteiger partial charge in [0.15, 0.2) is 11.5 Å². The lowest BCUT2D eigenvalue weighted by molar-refractivity contribution is -0.166. The molecule has 10 heteroatoms. The van der Waals surface area contributed by atoms with E-state index in [1.807, 2.05) is 25.3 Å². The van der Waals surface area contributed by atoms with Gasteiger partial charge in [0.25, 0.3) is 0 Å². The Morgan fingerprint density at radius 2 is 2.03 bits per heavy atom. The smallest absolute Gasteiger partial charge is 0.311 e. The number of rotatable bonds is 5. The van der Waals surface area contributed by atoms with E-state index in [1.165, 1.54) is 18.9 Å². The van der Waals surface area contributed by atoms with Crippen LogP contribution in [0.15, 0.2) is 30.6 Å². The monoisotopic (exact) mass is 475 g/mol. The molecule has 2 bridgehead atoms. The number of halogens is 1. The molecule has 4 heterocycles. The van der Waals surface area contributed by atoms with E-state index in [4.69, 9.17) is 9.72 Å². The van der Waals surface area contributed by atoms with Crippen molar-refractivity contribution >= 4 is 28.3 Å². The van der Waals surface area contributed by atoms with Crippen molar-refractivity contribution < 1.29 is 13.9 Å². The second-order valence-corrected chi connectivity index (χ2v) is 10.0. The number of nitrogens with zero attached hydrogens (tertiary/aromatic N) is 5. The average Bonchev–Trinajstić information content (AvgIpc) is 3.46. The first-order valence-electron chi connectivity index (χ1n) is 12.4. The Kier molecular flexibility index (Phi) is 4.59. The van der Waals surface area contributed by atoms with Crippen LogP contribution in [-0.2, 0) is 9.53 Å². The summed E-state index contributed by atoms with van der Waals surface area (Å²) in [5.41, 5.74) is 1.71. The van der Waals surface area contributed by atoms with Gasteiger partial charge >= 0.3 is 5.97 Å². The number of esters is 1. The van der Waals surface area contributed by atoms with Crippen LogP contribution in [0, 0.1) is 35.4 Å². The van der Waals surface area contributed by atoms with Crippen molar-refractivity contribution in [3.63, 3.8) is 0 Å². The van der Waals surface area contributed by atoms with Crippen molar-refractivity contribution in [2.24, 2.45) is 29.6 Å². The average molecular weight is 476 g/mol. The number of hydrogen-bond donors (Lipinski definition) is 2. The number of H-pyrrole nitrogens is 1. The summed E-state index contributed by atoms with van der Waals surface area (Å²) >= 11 is 0. The van der Waals surface area contributed by atoms with Gasteiger partial charge in [0, 0.05) is 12.2 Å². The first-order valence-corrected chi connectivity index (χ1v) is 12.4.